The average molecular weight is 280 g/mol. The number of methoxy groups -OCH3 is 1. The first-order valence-electron chi connectivity index (χ1n) is 6.34. The molecule has 110 valence electrons. The molecule has 0 aliphatic heterocycles. The van der Waals surface area contributed by atoms with Crippen LogP contribution in [0.2, 0.25) is 0 Å². The van der Waals surface area contributed by atoms with Gasteiger partial charge < -0.3 is 20.1 Å². The summed E-state index contributed by atoms with van der Waals surface area (Å²) in [4.78, 5) is 22.4. The standard InChI is InChI=1S/C14H20N2O4/c1-10(16-11(2)17)14(18)15-7-8-20-13-6-4-5-12(9-13)19-3/h4-6,9-10H,7-8H2,1-3H3,(H,15,18)(H,16,17). The first kappa shape index (κ1) is 15.8. The Kier molecular flexibility index (Phi) is 6.36. The van der Waals surface area contributed by atoms with Gasteiger partial charge in [0.15, 0.2) is 0 Å². The molecule has 1 unspecified atom stereocenters. The van der Waals surface area contributed by atoms with Crippen molar-refractivity contribution in [3.63, 3.8) is 0 Å². The van der Waals surface area contributed by atoms with Gasteiger partial charge in [-0.1, -0.05) is 6.07 Å². The van der Waals surface area contributed by atoms with Gasteiger partial charge in [0.05, 0.1) is 13.7 Å². The van der Waals surface area contributed by atoms with E-state index in [1.807, 2.05) is 18.2 Å². The van der Waals surface area contributed by atoms with E-state index in [-0.39, 0.29) is 11.8 Å². The molecule has 20 heavy (non-hydrogen) atoms. The van der Waals surface area contributed by atoms with E-state index < -0.39 is 6.04 Å². The van der Waals surface area contributed by atoms with Crippen LogP contribution in [0.5, 0.6) is 11.5 Å². The lowest BCUT2D eigenvalue weighted by atomic mass is 10.3. The van der Waals surface area contributed by atoms with E-state index in [9.17, 15) is 9.59 Å². The highest BCUT2D eigenvalue weighted by molar-refractivity contribution is 5.86. The minimum absolute atomic E-state index is 0.236. The lowest BCUT2D eigenvalue weighted by molar-refractivity contribution is -0.127. The van der Waals surface area contributed by atoms with Gasteiger partial charge in [-0.2, -0.15) is 0 Å². The molecule has 0 heterocycles. The summed E-state index contributed by atoms with van der Waals surface area (Å²) in [5.74, 6) is 0.911. The van der Waals surface area contributed by atoms with E-state index in [2.05, 4.69) is 10.6 Å². The summed E-state index contributed by atoms with van der Waals surface area (Å²) in [5.41, 5.74) is 0. The molecular weight excluding hydrogens is 260 g/mol. The fraction of sp³-hybridized carbons (Fsp3) is 0.429. The zero-order valence-electron chi connectivity index (χ0n) is 11.9. The zero-order chi connectivity index (χ0) is 15.0. The Labute approximate surface area is 118 Å². The summed E-state index contributed by atoms with van der Waals surface area (Å²) in [7, 11) is 1.59. The summed E-state index contributed by atoms with van der Waals surface area (Å²) in [6.07, 6.45) is 0. The predicted molar refractivity (Wildman–Crippen MR) is 74.8 cm³/mol. The number of nitrogens with one attached hydrogen (secondary N) is 2. The highest BCUT2D eigenvalue weighted by atomic mass is 16.5. The second-order valence-electron chi connectivity index (χ2n) is 4.24. The van der Waals surface area contributed by atoms with Gasteiger partial charge in [0.2, 0.25) is 11.8 Å². The van der Waals surface area contributed by atoms with Crippen LogP contribution < -0.4 is 20.1 Å². The van der Waals surface area contributed by atoms with Crippen molar-refractivity contribution >= 4 is 11.8 Å². The number of hydrogen-bond acceptors (Lipinski definition) is 4. The monoisotopic (exact) mass is 280 g/mol. The lowest BCUT2D eigenvalue weighted by Gasteiger charge is -2.13. The predicted octanol–water partition coefficient (Wildman–Crippen LogP) is 0.715. The van der Waals surface area contributed by atoms with Crippen molar-refractivity contribution in [1.29, 1.82) is 0 Å². The Bertz CT molecular complexity index is 462. The molecule has 0 aromatic heterocycles. The number of amides is 2. The van der Waals surface area contributed by atoms with Crippen molar-refractivity contribution in [1.82, 2.24) is 10.6 Å². The molecule has 0 fully saturated rings. The lowest BCUT2D eigenvalue weighted by Crippen LogP contribution is -2.45. The van der Waals surface area contributed by atoms with Crippen LogP contribution >= 0.6 is 0 Å². The van der Waals surface area contributed by atoms with Gasteiger partial charge in [-0.05, 0) is 19.1 Å². The Morgan fingerprint density at radius 3 is 2.65 bits per heavy atom. The Morgan fingerprint density at radius 2 is 2.00 bits per heavy atom. The minimum Gasteiger partial charge on any atom is -0.497 e. The smallest absolute Gasteiger partial charge is 0.242 e. The fourth-order valence-corrected chi connectivity index (χ4v) is 1.56. The Balaban J connectivity index is 2.27. The van der Waals surface area contributed by atoms with E-state index in [0.29, 0.717) is 24.7 Å². The number of ether oxygens (including phenoxy) is 2. The van der Waals surface area contributed by atoms with E-state index in [1.54, 1.807) is 20.1 Å². The second kappa shape index (κ2) is 8.04. The first-order valence-corrected chi connectivity index (χ1v) is 6.34. The maximum atomic E-state index is 11.6. The molecular formula is C14H20N2O4. The highest BCUT2D eigenvalue weighted by Crippen LogP contribution is 2.18. The van der Waals surface area contributed by atoms with Crippen LogP contribution in [0.15, 0.2) is 24.3 Å². The van der Waals surface area contributed by atoms with Crippen molar-refractivity contribution in [2.75, 3.05) is 20.3 Å². The van der Waals surface area contributed by atoms with Crippen LogP contribution in [0.3, 0.4) is 0 Å². The largest absolute Gasteiger partial charge is 0.497 e. The average Bonchev–Trinajstić information content (AvgIpc) is 2.42. The van der Waals surface area contributed by atoms with Crippen LogP contribution in [-0.4, -0.2) is 38.1 Å². The van der Waals surface area contributed by atoms with Gasteiger partial charge in [-0.25, -0.2) is 0 Å². The molecule has 1 atom stereocenters. The third kappa shape index (κ3) is 5.60. The highest BCUT2D eigenvalue weighted by Gasteiger charge is 2.12. The summed E-state index contributed by atoms with van der Waals surface area (Å²) in [5, 5.41) is 5.18. The third-order valence-corrected chi connectivity index (χ3v) is 2.52. The molecule has 0 saturated carbocycles. The topological polar surface area (TPSA) is 76.7 Å². The van der Waals surface area contributed by atoms with E-state index in [0.717, 1.165) is 0 Å². The minimum atomic E-state index is -0.552. The summed E-state index contributed by atoms with van der Waals surface area (Å²) < 4.78 is 10.6. The number of benzene rings is 1. The molecule has 6 nitrogen and oxygen atoms in total. The molecule has 6 heteroatoms. The molecule has 1 rings (SSSR count). The number of carbonyl (C=O) groups is 2. The van der Waals surface area contributed by atoms with Crippen LogP contribution in [0, 0.1) is 0 Å². The normalized spacial score (nSPS) is 11.3. The Hall–Kier alpha value is -2.24. The van der Waals surface area contributed by atoms with Crippen LogP contribution in [0.4, 0.5) is 0 Å². The summed E-state index contributed by atoms with van der Waals surface area (Å²) in [6, 6.07) is 6.67. The summed E-state index contributed by atoms with van der Waals surface area (Å²) >= 11 is 0. The van der Waals surface area contributed by atoms with E-state index in [1.165, 1.54) is 6.92 Å². The molecule has 0 bridgehead atoms. The molecule has 0 saturated heterocycles. The van der Waals surface area contributed by atoms with Crippen LogP contribution in [0.1, 0.15) is 13.8 Å². The van der Waals surface area contributed by atoms with Gasteiger partial charge in [0.1, 0.15) is 24.1 Å². The SMILES string of the molecule is COc1cccc(OCCNC(=O)C(C)NC(C)=O)c1. The molecule has 0 radical (unpaired) electrons. The number of hydrogen-bond donors (Lipinski definition) is 2. The van der Waals surface area contributed by atoms with Gasteiger partial charge in [-0.3, -0.25) is 9.59 Å². The van der Waals surface area contributed by atoms with Gasteiger partial charge in [-0.15, -0.1) is 0 Å². The van der Waals surface area contributed by atoms with Crippen molar-refractivity contribution in [3.8, 4) is 11.5 Å². The van der Waals surface area contributed by atoms with E-state index >= 15 is 0 Å². The first-order chi connectivity index (χ1) is 9.52. The number of carbonyl (C=O) groups excluding carboxylic acids is 2. The van der Waals surface area contributed by atoms with Crippen molar-refractivity contribution in [2.45, 2.75) is 19.9 Å². The molecule has 2 amide bonds. The number of rotatable bonds is 7. The van der Waals surface area contributed by atoms with Crippen molar-refractivity contribution in [2.24, 2.45) is 0 Å². The van der Waals surface area contributed by atoms with Gasteiger partial charge in [0.25, 0.3) is 0 Å². The van der Waals surface area contributed by atoms with E-state index in [4.69, 9.17) is 9.47 Å². The quantitative estimate of drug-likeness (QED) is 0.721. The maximum Gasteiger partial charge on any atom is 0.242 e. The molecule has 0 aliphatic rings. The van der Waals surface area contributed by atoms with Crippen molar-refractivity contribution < 1.29 is 19.1 Å². The molecule has 0 aliphatic carbocycles. The molecule has 0 spiro atoms. The molecule has 2 N–H and O–H groups in total. The fourth-order valence-electron chi connectivity index (χ4n) is 1.56. The molecule has 1 aromatic rings. The maximum absolute atomic E-state index is 11.6. The third-order valence-electron chi connectivity index (χ3n) is 2.52. The van der Waals surface area contributed by atoms with Gasteiger partial charge >= 0.3 is 0 Å². The zero-order valence-corrected chi connectivity index (χ0v) is 11.9. The van der Waals surface area contributed by atoms with Crippen LogP contribution in [0.25, 0.3) is 0 Å². The summed E-state index contributed by atoms with van der Waals surface area (Å²) in [6.45, 7) is 3.70. The van der Waals surface area contributed by atoms with Gasteiger partial charge in [0, 0.05) is 13.0 Å². The Morgan fingerprint density at radius 1 is 1.30 bits per heavy atom. The second-order valence-corrected chi connectivity index (χ2v) is 4.24. The van der Waals surface area contributed by atoms with Crippen LogP contribution in [-0.2, 0) is 9.59 Å². The van der Waals surface area contributed by atoms with Crippen molar-refractivity contribution in [3.05, 3.63) is 24.3 Å². The molecule has 1 aromatic carbocycles.